The molecule has 1 aromatic rings. The van der Waals surface area contributed by atoms with E-state index in [4.69, 9.17) is 0 Å². The first kappa shape index (κ1) is 10.1. The summed E-state index contributed by atoms with van der Waals surface area (Å²) in [6, 6.07) is 6.92. The van der Waals surface area contributed by atoms with Gasteiger partial charge in [0, 0.05) is 0 Å². The Morgan fingerprint density at radius 2 is 1.90 bits per heavy atom. The van der Waals surface area contributed by atoms with Gasteiger partial charge in [-0.05, 0) is 0 Å². The van der Waals surface area contributed by atoms with Crippen LogP contribution in [0.25, 0.3) is 0 Å². The van der Waals surface area contributed by atoms with Crippen LogP contribution in [0.4, 0.5) is 4.39 Å². The third kappa shape index (κ3) is 2.36. The van der Waals surface area contributed by atoms with Crippen molar-refractivity contribution in [2.24, 2.45) is 0 Å². The van der Waals surface area contributed by atoms with Gasteiger partial charge in [0.1, 0.15) is 0 Å². The molecule has 0 aliphatic carbocycles. The Morgan fingerprint density at radius 1 is 1.30 bits per heavy atom. The number of hydrogen-bond donors (Lipinski definition) is 0. The molecule has 1 rings (SSSR count). The molecule has 10 heavy (non-hydrogen) atoms. The van der Waals surface area contributed by atoms with E-state index in [1.807, 2.05) is 12.1 Å². The van der Waals surface area contributed by atoms with Crippen molar-refractivity contribution in [3.8, 4) is 0 Å². The maximum atomic E-state index is 12.6. The minimum absolute atomic E-state index is 0. The first-order valence-corrected chi connectivity index (χ1v) is 4.97. The molecule has 0 bridgehead atoms. The Labute approximate surface area is 75.9 Å². The minimum Gasteiger partial charge on any atom is -1.00 e. The third-order valence-electron chi connectivity index (χ3n) is 1.23. The van der Waals surface area contributed by atoms with Crippen LogP contribution in [0.1, 0.15) is 5.56 Å². The Kier molecular flexibility index (Phi) is 4.84. The minimum atomic E-state index is -0.0660. The van der Waals surface area contributed by atoms with E-state index in [-0.39, 0.29) is 18.2 Å². The van der Waals surface area contributed by atoms with Gasteiger partial charge in [0.05, 0.1) is 0 Å². The molecule has 0 saturated carbocycles. The van der Waals surface area contributed by atoms with Gasteiger partial charge in [-0.2, -0.15) is 0 Å². The number of rotatable bonds is 1. The van der Waals surface area contributed by atoms with Gasteiger partial charge in [-0.3, -0.25) is 0 Å². The summed E-state index contributed by atoms with van der Waals surface area (Å²) in [7, 11) is 0. The van der Waals surface area contributed by atoms with Gasteiger partial charge in [0.15, 0.2) is 0 Å². The summed E-state index contributed by atoms with van der Waals surface area (Å²) in [6.07, 6.45) is 0. The molecule has 0 heterocycles. The molecule has 0 aromatic heterocycles. The van der Waals surface area contributed by atoms with Crippen molar-refractivity contribution in [1.82, 2.24) is 0 Å². The maximum absolute atomic E-state index is 12.6. The Hall–Kier alpha value is 0.0634. The van der Waals surface area contributed by atoms with Crippen LogP contribution in [0, 0.1) is 5.82 Å². The van der Waals surface area contributed by atoms with E-state index in [1.54, 1.807) is 6.07 Å². The van der Waals surface area contributed by atoms with Gasteiger partial charge in [-0.15, -0.1) is 0 Å². The average molecular weight is 210 g/mol. The van der Waals surface area contributed by atoms with Crippen LogP contribution >= 0.6 is 0 Å². The van der Waals surface area contributed by atoms with E-state index in [1.165, 1.54) is 6.07 Å². The number of benzene rings is 1. The van der Waals surface area contributed by atoms with Crippen molar-refractivity contribution < 1.29 is 35.1 Å². The Morgan fingerprint density at radius 3 is 2.30 bits per heavy atom. The van der Waals surface area contributed by atoms with Gasteiger partial charge >= 0.3 is 63.4 Å². The number of halogens is 2. The quantitative estimate of drug-likeness (QED) is 0.515. The smallest absolute Gasteiger partial charge is 1.00 e. The van der Waals surface area contributed by atoms with Crippen molar-refractivity contribution in [2.75, 3.05) is 0 Å². The molecular formula is C7H6ClFZn. The standard InChI is InChI=1S/C7H6F.ClH.Zn/c1-6-4-2-3-5-7(6)8;;/h2-5H,1H2;1H;/q;;+1/p-1. The zero-order valence-corrected chi connectivity index (χ0v) is 9.20. The maximum Gasteiger partial charge on any atom is -1.00 e. The van der Waals surface area contributed by atoms with E-state index in [2.05, 4.69) is 0 Å². The van der Waals surface area contributed by atoms with Gasteiger partial charge in [0.25, 0.3) is 0 Å². The van der Waals surface area contributed by atoms with Crippen LogP contribution in [0.2, 0.25) is 0 Å². The summed E-state index contributed by atoms with van der Waals surface area (Å²) in [6.45, 7) is 0. The molecule has 0 nitrogen and oxygen atoms in total. The van der Waals surface area contributed by atoms with Crippen molar-refractivity contribution in [1.29, 1.82) is 0 Å². The van der Waals surface area contributed by atoms with Crippen LogP contribution in [0.3, 0.4) is 0 Å². The van der Waals surface area contributed by atoms with Gasteiger partial charge in [-0.25, -0.2) is 0 Å². The van der Waals surface area contributed by atoms with E-state index in [0.717, 1.165) is 28.9 Å². The van der Waals surface area contributed by atoms with Crippen LogP contribution in [0.5, 0.6) is 0 Å². The van der Waals surface area contributed by atoms with E-state index >= 15 is 0 Å². The van der Waals surface area contributed by atoms with Crippen molar-refractivity contribution >= 4 is 0 Å². The van der Waals surface area contributed by atoms with Crippen molar-refractivity contribution in [2.45, 2.75) is 5.02 Å². The second kappa shape index (κ2) is 4.81. The monoisotopic (exact) mass is 208 g/mol. The first-order valence-electron chi connectivity index (χ1n) is 2.87. The van der Waals surface area contributed by atoms with Gasteiger partial charge < -0.3 is 12.4 Å². The zero-order chi connectivity index (χ0) is 6.69. The molecule has 3 heteroatoms. The molecule has 0 radical (unpaired) electrons. The molecule has 0 unspecified atom stereocenters. The molecule has 0 N–H and O–H groups in total. The van der Waals surface area contributed by atoms with E-state index in [9.17, 15) is 4.39 Å². The molecule has 0 atom stereocenters. The largest absolute Gasteiger partial charge is 1.00 e. The van der Waals surface area contributed by atoms with Crippen LogP contribution in [-0.2, 0) is 23.3 Å². The average Bonchev–Trinajstić information content (AvgIpc) is 1.89. The second-order valence-corrected chi connectivity index (χ2v) is 2.89. The van der Waals surface area contributed by atoms with Crippen molar-refractivity contribution in [3.63, 3.8) is 0 Å². The summed E-state index contributed by atoms with van der Waals surface area (Å²) < 4.78 is 12.6. The Balaban J connectivity index is 0.000000810. The molecule has 0 saturated heterocycles. The summed E-state index contributed by atoms with van der Waals surface area (Å²) >= 11 is 1.13. The molecule has 0 aliphatic rings. The second-order valence-electron chi connectivity index (χ2n) is 1.84. The van der Waals surface area contributed by atoms with E-state index < -0.39 is 0 Å². The predicted octanol–water partition coefficient (Wildman–Crippen LogP) is -1.12. The Bertz CT molecular complexity index is 203. The SMILES string of the molecule is Fc1ccccc1[CH2][Zn+].[Cl-]. The van der Waals surface area contributed by atoms with Gasteiger partial charge in [-0.1, -0.05) is 0 Å². The fraction of sp³-hybridized carbons (Fsp3) is 0.143. The first-order chi connectivity index (χ1) is 4.34. The molecule has 0 amide bonds. The molecule has 0 fully saturated rings. The third-order valence-corrected chi connectivity index (χ3v) is 2.36. The van der Waals surface area contributed by atoms with Crippen LogP contribution in [0.15, 0.2) is 24.3 Å². The van der Waals surface area contributed by atoms with Crippen LogP contribution < -0.4 is 12.4 Å². The summed E-state index contributed by atoms with van der Waals surface area (Å²) in [5.74, 6) is -0.0660. The van der Waals surface area contributed by atoms with E-state index in [0.29, 0.717) is 0 Å². The van der Waals surface area contributed by atoms with Gasteiger partial charge in [0.2, 0.25) is 0 Å². The fourth-order valence-corrected chi connectivity index (χ4v) is 1.55. The molecule has 0 spiro atoms. The molecule has 1 aromatic carbocycles. The summed E-state index contributed by atoms with van der Waals surface area (Å²) in [5.41, 5.74) is 0.845. The molecule has 50 valence electrons. The molecule has 0 aliphatic heterocycles. The topological polar surface area (TPSA) is 0 Å². The fourth-order valence-electron chi connectivity index (χ4n) is 0.701. The number of hydrogen-bond acceptors (Lipinski definition) is 0. The van der Waals surface area contributed by atoms with Crippen molar-refractivity contribution in [3.05, 3.63) is 35.6 Å². The summed E-state index contributed by atoms with van der Waals surface area (Å²) in [5, 5.41) is 0.896. The summed E-state index contributed by atoms with van der Waals surface area (Å²) in [4.78, 5) is 0. The van der Waals surface area contributed by atoms with Crippen LogP contribution in [-0.4, -0.2) is 0 Å². The normalized spacial score (nSPS) is 8.70. The predicted molar refractivity (Wildman–Crippen MR) is 30.1 cm³/mol. The zero-order valence-electron chi connectivity index (χ0n) is 5.48. The molecular weight excluding hydrogens is 204 g/mol.